The van der Waals surface area contributed by atoms with Crippen molar-refractivity contribution in [3.8, 4) is 5.75 Å². The van der Waals surface area contributed by atoms with E-state index in [0.717, 1.165) is 12.3 Å². The third-order valence-corrected chi connectivity index (χ3v) is 2.43. The first-order valence-electron chi connectivity index (χ1n) is 4.99. The number of benzene rings is 1. The molecule has 1 rings (SSSR count). The van der Waals surface area contributed by atoms with Crippen LogP contribution in [0.3, 0.4) is 0 Å². The van der Waals surface area contributed by atoms with Crippen LogP contribution >= 0.6 is 0 Å². The van der Waals surface area contributed by atoms with Crippen LogP contribution in [0.5, 0.6) is 5.75 Å². The molecule has 0 spiro atoms. The van der Waals surface area contributed by atoms with Gasteiger partial charge in [-0.3, -0.25) is 0 Å². The largest absolute Gasteiger partial charge is 0.497 e. The molecule has 0 heterocycles. The number of ether oxygens (including phenoxy) is 1. The van der Waals surface area contributed by atoms with Gasteiger partial charge in [-0.2, -0.15) is 0 Å². The lowest BCUT2D eigenvalue weighted by molar-refractivity contribution is 0.406. The van der Waals surface area contributed by atoms with E-state index in [0.29, 0.717) is 0 Å². The second-order valence-electron chi connectivity index (χ2n) is 3.88. The first-order valence-corrected chi connectivity index (χ1v) is 4.99. The van der Waals surface area contributed by atoms with Crippen molar-refractivity contribution in [3.05, 3.63) is 29.8 Å². The maximum Gasteiger partial charge on any atom is 0.118 e. The minimum absolute atomic E-state index is 0.0288. The Hall–Kier alpha value is -1.02. The molecule has 0 unspecified atom stereocenters. The van der Waals surface area contributed by atoms with E-state index in [2.05, 4.69) is 38.2 Å². The molecule has 0 saturated carbocycles. The zero-order valence-electron chi connectivity index (χ0n) is 9.42. The summed E-state index contributed by atoms with van der Waals surface area (Å²) >= 11 is 0. The minimum Gasteiger partial charge on any atom is -0.497 e. The van der Waals surface area contributed by atoms with Crippen LogP contribution < -0.4 is 10.1 Å². The van der Waals surface area contributed by atoms with E-state index in [1.807, 2.05) is 12.1 Å². The van der Waals surface area contributed by atoms with E-state index >= 15 is 0 Å². The smallest absolute Gasteiger partial charge is 0.118 e. The molecule has 78 valence electrons. The SMILES string of the molecule is CCNC(C)(C)c1ccc(OC)cc1. The number of nitrogens with one attached hydrogen (secondary N) is 1. The van der Waals surface area contributed by atoms with Crippen molar-refractivity contribution in [3.63, 3.8) is 0 Å². The molecular formula is C12H19NO. The van der Waals surface area contributed by atoms with Gasteiger partial charge in [0.2, 0.25) is 0 Å². The quantitative estimate of drug-likeness (QED) is 0.793. The van der Waals surface area contributed by atoms with E-state index in [-0.39, 0.29) is 5.54 Å². The standard InChI is InChI=1S/C12H19NO/c1-5-13-12(2,3)10-6-8-11(14-4)9-7-10/h6-9,13H,5H2,1-4H3. The van der Waals surface area contributed by atoms with Crippen molar-refractivity contribution < 1.29 is 4.74 Å². The predicted molar refractivity (Wildman–Crippen MR) is 59.7 cm³/mol. The molecule has 1 aromatic rings. The van der Waals surface area contributed by atoms with Gasteiger partial charge in [0.25, 0.3) is 0 Å². The highest BCUT2D eigenvalue weighted by atomic mass is 16.5. The van der Waals surface area contributed by atoms with Gasteiger partial charge in [0.1, 0.15) is 5.75 Å². The summed E-state index contributed by atoms with van der Waals surface area (Å²) in [5.74, 6) is 0.904. The third kappa shape index (κ3) is 2.48. The van der Waals surface area contributed by atoms with E-state index in [1.54, 1.807) is 7.11 Å². The van der Waals surface area contributed by atoms with Crippen molar-refractivity contribution in [2.45, 2.75) is 26.3 Å². The Bertz CT molecular complexity index is 277. The van der Waals surface area contributed by atoms with Crippen molar-refractivity contribution in [1.82, 2.24) is 5.32 Å². The zero-order chi connectivity index (χ0) is 10.6. The summed E-state index contributed by atoms with van der Waals surface area (Å²) in [7, 11) is 1.68. The molecule has 1 aromatic carbocycles. The summed E-state index contributed by atoms with van der Waals surface area (Å²) in [6.45, 7) is 7.45. The van der Waals surface area contributed by atoms with E-state index in [4.69, 9.17) is 4.74 Å². The van der Waals surface area contributed by atoms with Crippen LogP contribution in [0.2, 0.25) is 0 Å². The zero-order valence-corrected chi connectivity index (χ0v) is 9.42. The highest BCUT2D eigenvalue weighted by Crippen LogP contribution is 2.22. The number of hydrogen-bond donors (Lipinski definition) is 1. The van der Waals surface area contributed by atoms with E-state index in [1.165, 1.54) is 5.56 Å². The molecule has 0 aliphatic rings. The summed E-state index contributed by atoms with van der Waals surface area (Å²) in [5.41, 5.74) is 1.31. The third-order valence-electron chi connectivity index (χ3n) is 2.43. The molecule has 14 heavy (non-hydrogen) atoms. The highest BCUT2D eigenvalue weighted by Gasteiger charge is 2.18. The first kappa shape index (κ1) is 11.1. The van der Waals surface area contributed by atoms with Crippen LogP contribution in [0.25, 0.3) is 0 Å². The molecule has 2 heteroatoms. The van der Waals surface area contributed by atoms with Gasteiger partial charge in [0.15, 0.2) is 0 Å². The molecule has 1 N–H and O–H groups in total. The lowest BCUT2D eigenvalue weighted by atomic mass is 9.94. The predicted octanol–water partition coefficient (Wildman–Crippen LogP) is 2.54. The van der Waals surface area contributed by atoms with Crippen molar-refractivity contribution in [2.75, 3.05) is 13.7 Å². The van der Waals surface area contributed by atoms with Crippen molar-refractivity contribution in [2.24, 2.45) is 0 Å². The number of rotatable bonds is 4. The fraction of sp³-hybridized carbons (Fsp3) is 0.500. The van der Waals surface area contributed by atoms with Gasteiger partial charge in [-0.05, 0) is 38.1 Å². The molecule has 0 bridgehead atoms. The molecule has 0 aliphatic carbocycles. The highest BCUT2D eigenvalue weighted by molar-refractivity contribution is 5.31. The van der Waals surface area contributed by atoms with Crippen LogP contribution in [0, 0.1) is 0 Å². The second kappa shape index (κ2) is 4.47. The summed E-state index contributed by atoms with van der Waals surface area (Å²) in [6.07, 6.45) is 0. The number of methoxy groups -OCH3 is 1. The monoisotopic (exact) mass is 193 g/mol. The van der Waals surface area contributed by atoms with Gasteiger partial charge in [-0.25, -0.2) is 0 Å². The van der Waals surface area contributed by atoms with Crippen molar-refractivity contribution >= 4 is 0 Å². The summed E-state index contributed by atoms with van der Waals surface area (Å²) < 4.78 is 5.12. The van der Waals surface area contributed by atoms with Gasteiger partial charge in [0.05, 0.1) is 7.11 Å². The lowest BCUT2D eigenvalue weighted by Gasteiger charge is -2.26. The Labute approximate surface area is 86.3 Å². The fourth-order valence-corrected chi connectivity index (χ4v) is 1.55. The summed E-state index contributed by atoms with van der Waals surface area (Å²) in [5, 5.41) is 3.43. The van der Waals surface area contributed by atoms with Gasteiger partial charge >= 0.3 is 0 Å². The second-order valence-corrected chi connectivity index (χ2v) is 3.88. The minimum atomic E-state index is 0.0288. The Kier molecular flexibility index (Phi) is 3.53. The molecule has 0 saturated heterocycles. The molecule has 0 aromatic heterocycles. The Balaban J connectivity index is 2.85. The van der Waals surface area contributed by atoms with Crippen LogP contribution in [-0.2, 0) is 5.54 Å². The summed E-state index contributed by atoms with van der Waals surface area (Å²) in [6, 6.07) is 8.19. The molecular weight excluding hydrogens is 174 g/mol. The summed E-state index contributed by atoms with van der Waals surface area (Å²) in [4.78, 5) is 0. The Morgan fingerprint density at radius 2 is 1.79 bits per heavy atom. The van der Waals surface area contributed by atoms with Crippen LogP contribution in [-0.4, -0.2) is 13.7 Å². The normalized spacial score (nSPS) is 11.4. The van der Waals surface area contributed by atoms with Gasteiger partial charge in [0, 0.05) is 5.54 Å². The molecule has 0 atom stereocenters. The molecule has 0 radical (unpaired) electrons. The van der Waals surface area contributed by atoms with E-state index < -0.39 is 0 Å². The topological polar surface area (TPSA) is 21.3 Å². The van der Waals surface area contributed by atoms with Crippen LogP contribution in [0.15, 0.2) is 24.3 Å². The van der Waals surface area contributed by atoms with Crippen molar-refractivity contribution in [1.29, 1.82) is 0 Å². The average molecular weight is 193 g/mol. The molecule has 0 aliphatic heterocycles. The van der Waals surface area contributed by atoms with Crippen LogP contribution in [0.4, 0.5) is 0 Å². The first-order chi connectivity index (χ1) is 6.60. The molecule has 0 amide bonds. The maximum atomic E-state index is 5.12. The molecule has 0 fully saturated rings. The number of hydrogen-bond acceptors (Lipinski definition) is 2. The van der Waals surface area contributed by atoms with E-state index in [9.17, 15) is 0 Å². The van der Waals surface area contributed by atoms with Gasteiger partial charge in [-0.1, -0.05) is 19.1 Å². The van der Waals surface area contributed by atoms with Gasteiger partial charge in [-0.15, -0.1) is 0 Å². The average Bonchev–Trinajstić information content (AvgIpc) is 2.18. The Morgan fingerprint density at radius 1 is 1.21 bits per heavy atom. The van der Waals surface area contributed by atoms with Crippen LogP contribution in [0.1, 0.15) is 26.3 Å². The Morgan fingerprint density at radius 3 is 2.21 bits per heavy atom. The maximum absolute atomic E-state index is 5.12. The van der Waals surface area contributed by atoms with Gasteiger partial charge < -0.3 is 10.1 Å². The molecule has 2 nitrogen and oxygen atoms in total. The fourth-order valence-electron chi connectivity index (χ4n) is 1.55. The lowest BCUT2D eigenvalue weighted by Crippen LogP contribution is -2.36.